The number of hydrogen-bond acceptors (Lipinski definition) is 5. The molecule has 0 aromatic heterocycles. The van der Waals surface area contributed by atoms with Crippen LogP contribution in [0.5, 0.6) is 0 Å². The number of carbonyl (C=O) groups is 1. The lowest BCUT2D eigenvalue weighted by atomic mass is 10.0. The Balaban J connectivity index is 2.96. The lowest BCUT2D eigenvalue weighted by Crippen LogP contribution is -2.07. The van der Waals surface area contributed by atoms with Gasteiger partial charge in [0.2, 0.25) is 0 Å². The molecule has 1 rings (SSSR count). The minimum atomic E-state index is -2.56. The Labute approximate surface area is 102 Å². The summed E-state index contributed by atoms with van der Waals surface area (Å²) < 4.78 is 30.0. The van der Waals surface area contributed by atoms with Crippen molar-refractivity contribution < 1.29 is 22.5 Å². The second kappa shape index (κ2) is 5.90. The molecule has 17 heavy (non-hydrogen) atoms. The van der Waals surface area contributed by atoms with Crippen molar-refractivity contribution >= 4 is 17.3 Å². The first kappa shape index (κ1) is 13.8. The van der Waals surface area contributed by atoms with Crippen LogP contribution in [0, 0.1) is 6.92 Å². The summed E-state index contributed by atoms with van der Waals surface area (Å²) in [5.74, 6) is -0.421. The van der Waals surface area contributed by atoms with E-state index in [1.165, 1.54) is 7.11 Å². The topological polar surface area (TPSA) is 75.7 Å². The third-order valence-corrected chi connectivity index (χ3v) is 2.79. The minimum Gasteiger partial charge on any atom is -0.750 e. The van der Waals surface area contributed by atoms with Gasteiger partial charge in [0.15, 0.2) is 0 Å². The number of carbonyl (C=O) groups excluding carboxylic acids is 1. The standard InChI is InChI=1S/C11H14O5S/c1-7-6-9(8(2)16-17(13)14)4-5-10(7)11(12)15-3/h4-6,8H,1-3H3,(H,13,14)/p-1. The van der Waals surface area contributed by atoms with Gasteiger partial charge in [0, 0.05) is 0 Å². The summed E-state index contributed by atoms with van der Waals surface area (Å²) in [6.07, 6.45) is -0.585. The number of rotatable bonds is 4. The molecular weight excluding hydrogens is 244 g/mol. The lowest BCUT2D eigenvalue weighted by Gasteiger charge is -2.15. The third-order valence-electron chi connectivity index (χ3n) is 2.35. The molecule has 0 aliphatic rings. The van der Waals surface area contributed by atoms with Gasteiger partial charge >= 0.3 is 5.97 Å². The molecule has 0 N–H and O–H groups in total. The van der Waals surface area contributed by atoms with Gasteiger partial charge in [-0.3, -0.25) is 4.18 Å². The van der Waals surface area contributed by atoms with Gasteiger partial charge in [-0.1, -0.05) is 12.1 Å². The van der Waals surface area contributed by atoms with E-state index < -0.39 is 23.4 Å². The first-order valence-corrected chi connectivity index (χ1v) is 5.91. The van der Waals surface area contributed by atoms with Crippen LogP contribution in [0.25, 0.3) is 0 Å². The van der Waals surface area contributed by atoms with Gasteiger partial charge in [-0.05, 0) is 31.0 Å². The van der Waals surface area contributed by atoms with Crippen LogP contribution in [0.1, 0.15) is 34.5 Å². The van der Waals surface area contributed by atoms with Crippen LogP contribution in [0.2, 0.25) is 0 Å². The minimum absolute atomic E-state index is 0.421. The summed E-state index contributed by atoms with van der Waals surface area (Å²) in [5, 5.41) is 0. The smallest absolute Gasteiger partial charge is 0.338 e. The van der Waals surface area contributed by atoms with Crippen LogP contribution in [0.15, 0.2) is 18.2 Å². The van der Waals surface area contributed by atoms with Crippen molar-refractivity contribution in [1.82, 2.24) is 0 Å². The van der Waals surface area contributed by atoms with Crippen molar-refractivity contribution in [3.63, 3.8) is 0 Å². The molecule has 6 heteroatoms. The number of aryl methyl sites for hydroxylation is 1. The monoisotopic (exact) mass is 257 g/mol. The van der Waals surface area contributed by atoms with Gasteiger partial charge in [-0.25, -0.2) is 9.00 Å². The zero-order valence-electron chi connectivity index (χ0n) is 9.76. The number of ether oxygens (including phenoxy) is 1. The van der Waals surface area contributed by atoms with E-state index in [9.17, 15) is 13.6 Å². The fourth-order valence-electron chi connectivity index (χ4n) is 1.45. The summed E-state index contributed by atoms with van der Waals surface area (Å²) in [6, 6.07) is 4.92. The molecule has 1 aromatic rings. The highest BCUT2D eigenvalue weighted by atomic mass is 32.2. The molecule has 2 unspecified atom stereocenters. The maximum atomic E-state index is 11.3. The number of hydrogen-bond donors (Lipinski definition) is 0. The molecule has 0 bridgehead atoms. The Morgan fingerprint density at radius 3 is 2.59 bits per heavy atom. The van der Waals surface area contributed by atoms with Crippen molar-refractivity contribution in [2.45, 2.75) is 20.0 Å². The van der Waals surface area contributed by atoms with Crippen LogP contribution >= 0.6 is 0 Å². The van der Waals surface area contributed by atoms with Crippen LogP contribution < -0.4 is 0 Å². The van der Waals surface area contributed by atoms with Gasteiger partial charge in [0.1, 0.15) is 0 Å². The number of methoxy groups -OCH3 is 1. The van der Waals surface area contributed by atoms with E-state index in [4.69, 9.17) is 0 Å². The van der Waals surface area contributed by atoms with Crippen LogP contribution in [-0.2, 0) is 20.3 Å². The van der Waals surface area contributed by atoms with E-state index >= 15 is 0 Å². The van der Waals surface area contributed by atoms with Gasteiger partial charge in [-0.2, -0.15) is 0 Å². The molecule has 0 heterocycles. The molecular formula is C11H13O5S-. The molecule has 1 aromatic carbocycles. The van der Waals surface area contributed by atoms with Crippen LogP contribution in [0.3, 0.4) is 0 Å². The summed E-state index contributed by atoms with van der Waals surface area (Å²) >= 11 is -2.56. The molecule has 5 nitrogen and oxygen atoms in total. The maximum absolute atomic E-state index is 11.3. The van der Waals surface area contributed by atoms with Crippen molar-refractivity contribution in [2.24, 2.45) is 0 Å². The molecule has 0 radical (unpaired) electrons. The predicted molar refractivity (Wildman–Crippen MR) is 60.9 cm³/mol. The maximum Gasteiger partial charge on any atom is 0.338 e. The Morgan fingerprint density at radius 1 is 1.47 bits per heavy atom. The van der Waals surface area contributed by atoms with Crippen molar-refractivity contribution in [1.29, 1.82) is 0 Å². The van der Waals surface area contributed by atoms with Gasteiger partial charge < -0.3 is 9.29 Å². The molecule has 2 atom stereocenters. The second-order valence-electron chi connectivity index (χ2n) is 3.51. The lowest BCUT2D eigenvalue weighted by molar-refractivity contribution is 0.0599. The Hall–Kier alpha value is -1.24. The Kier molecular flexibility index (Phi) is 4.80. The highest BCUT2D eigenvalue weighted by Gasteiger charge is 2.12. The van der Waals surface area contributed by atoms with Crippen LogP contribution in [0.4, 0.5) is 0 Å². The number of esters is 1. The predicted octanol–water partition coefficient (Wildman–Crippen LogP) is 1.65. The van der Waals surface area contributed by atoms with Gasteiger partial charge in [0.05, 0.1) is 30.1 Å². The van der Waals surface area contributed by atoms with Crippen molar-refractivity contribution in [3.8, 4) is 0 Å². The van der Waals surface area contributed by atoms with Crippen molar-refractivity contribution in [3.05, 3.63) is 34.9 Å². The van der Waals surface area contributed by atoms with Gasteiger partial charge in [-0.15, -0.1) is 0 Å². The summed E-state index contributed by atoms with van der Waals surface area (Å²) in [6.45, 7) is 3.36. The normalized spacial score (nSPS) is 14.1. The third kappa shape index (κ3) is 3.62. The van der Waals surface area contributed by atoms with E-state index in [-0.39, 0.29) is 0 Å². The Morgan fingerprint density at radius 2 is 2.12 bits per heavy atom. The quantitative estimate of drug-likeness (QED) is 0.605. The summed E-state index contributed by atoms with van der Waals surface area (Å²) in [4.78, 5) is 11.3. The zero-order chi connectivity index (χ0) is 13.0. The zero-order valence-corrected chi connectivity index (χ0v) is 10.6. The summed E-state index contributed by atoms with van der Waals surface area (Å²) in [7, 11) is 1.31. The average molecular weight is 257 g/mol. The molecule has 0 amide bonds. The SMILES string of the molecule is COC(=O)c1ccc(C(C)OS(=O)[O-])cc1C. The molecule has 94 valence electrons. The first-order valence-electron chi connectivity index (χ1n) is 4.91. The second-order valence-corrected chi connectivity index (χ2v) is 4.11. The van der Waals surface area contributed by atoms with Crippen molar-refractivity contribution in [2.75, 3.05) is 7.11 Å². The summed E-state index contributed by atoms with van der Waals surface area (Å²) in [5.41, 5.74) is 1.84. The highest BCUT2D eigenvalue weighted by Crippen LogP contribution is 2.21. The average Bonchev–Trinajstić information content (AvgIpc) is 2.27. The molecule has 0 fully saturated rings. The number of benzene rings is 1. The van der Waals surface area contributed by atoms with E-state index in [2.05, 4.69) is 8.92 Å². The fourth-order valence-corrected chi connectivity index (χ4v) is 1.80. The largest absolute Gasteiger partial charge is 0.750 e. The first-order chi connectivity index (χ1) is 7.95. The van der Waals surface area contributed by atoms with E-state index in [1.54, 1.807) is 32.0 Å². The molecule has 0 aliphatic heterocycles. The Bertz CT molecular complexity index is 443. The van der Waals surface area contributed by atoms with E-state index in [1.807, 2.05) is 0 Å². The molecule has 0 saturated carbocycles. The fraction of sp³-hybridized carbons (Fsp3) is 0.364. The highest BCUT2D eigenvalue weighted by molar-refractivity contribution is 7.74. The molecule has 0 aliphatic carbocycles. The molecule has 0 saturated heterocycles. The van der Waals surface area contributed by atoms with Gasteiger partial charge in [0.25, 0.3) is 0 Å². The van der Waals surface area contributed by atoms with E-state index in [0.717, 1.165) is 0 Å². The molecule has 0 spiro atoms. The van der Waals surface area contributed by atoms with E-state index in [0.29, 0.717) is 16.7 Å². The van der Waals surface area contributed by atoms with Crippen LogP contribution in [-0.4, -0.2) is 21.8 Å².